The van der Waals surface area contributed by atoms with Crippen molar-refractivity contribution < 1.29 is 19.0 Å². The SMILES string of the molecule is CN(C)C(=O)CN=C(NCCCOCC1CCOCC1)NCC1CCCO1.I. The first-order valence-corrected chi connectivity index (χ1v) is 10.1. The third-order valence-corrected chi connectivity index (χ3v) is 4.84. The summed E-state index contributed by atoms with van der Waals surface area (Å²) in [5.74, 6) is 1.27. The third kappa shape index (κ3) is 10.8. The number of hydrogen-bond acceptors (Lipinski definition) is 5. The van der Waals surface area contributed by atoms with Gasteiger partial charge in [-0.3, -0.25) is 4.79 Å². The summed E-state index contributed by atoms with van der Waals surface area (Å²) in [4.78, 5) is 17.7. The Morgan fingerprint density at radius 1 is 1.18 bits per heavy atom. The van der Waals surface area contributed by atoms with Crippen LogP contribution in [0.4, 0.5) is 0 Å². The number of rotatable bonds is 10. The van der Waals surface area contributed by atoms with Crippen LogP contribution in [-0.2, 0) is 19.0 Å². The van der Waals surface area contributed by atoms with Crippen LogP contribution in [-0.4, -0.2) is 89.6 Å². The molecule has 2 saturated heterocycles. The van der Waals surface area contributed by atoms with Gasteiger partial charge in [-0.05, 0) is 38.0 Å². The van der Waals surface area contributed by atoms with Crippen LogP contribution >= 0.6 is 24.0 Å². The average molecular weight is 512 g/mol. The Balaban J connectivity index is 0.00000392. The molecule has 2 fully saturated rings. The van der Waals surface area contributed by atoms with Crippen molar-refractivity contribution in [3.8, 4) is 0 Å². The first kappa shape index (κ1) is 25.4. The van der Waals surface area contributed by atoms with Crippen LogP contribution in [0, 0.1) is 5.92 Å². The lowest BCUT2D eigenvalue weighted by atomic mass is 10.0. The molecular weight excluding hydrogens is 475 g/mol. The molecule has 0 saturated carbocycles. The predicted molar refractivity (Wildman–Crippen MR) is 120 cm³/mol. The van der Waals surface area contributed by atoms with Crippen LogP contribution in [0.3, 0.4) is 0 Å². The van der Waals surface area contributed by atoms with E-state index in [1.54, 1.807) is 19.0 Å². The first-order valence-electron chi connectivity index (χ1n) is 10.1. The molecule has 0 spiro atoms. The molecule has 1 atom stereocenters. The fourth-order valence-corrected chi connectivity index (χ4v) is 3.02. The lowest BCUT2D eigenvalue weighted by Crippen LogP contribution is -2.42. The van der Waals surface area contributed by atoms with E-state index in [0.717, 1.165) is 71.7 Å². The Morgan fingerprint density at radius 3 is 2.64 bits per heavy atom. The number of likely N-dealkylation sites (N-methyl/N-ethyl adjacent to an activating group) is 1. The molecule has 2 heterocycles. The second-order valence-corrected chi connectivity index (χ2v) is 7.38. The van der Waals surface area contributed by atoms with E-state index >= 15 is 0 Å². The summed E-state index contributed by atoms with van der Waals surface area (Å²) >= 11 is 0. The van der Waals surface area contributed by atoms with Gasteiger partial charge in [-0.1, -0.05) is 0 Å². The number of carbonyl (C=O) groups excluding carboxylic acids is 1. The van der Waals surface area contributed by atoms with Gasteiger partial charge in [0.05, 0.1) is 6.10 Å². The van der Waals surface area contributed by atoms with Crippen molar-refractivity contribution in [2.24, 2.45) is 10.9 Å². The summed E-state index contributed by atoms with van der Waals surface area (Å²) in [7, 11) is 3.47. The molecule has 0 aromatic carbocycles. The predicted octanol–water partition coefficient (Wildman–Crippen LogP) is 1.24. The molecule has 0 aromatic rings. The van der Waals surface area contributed by atoms with Gasteiger partial charge in [0.25, 0.3) is 0 Å². The minimum absolute atomic E-state index is 0. The molecule has 9 heteroatoms. The number of nitrogens with one attached hydrogen (secondary N) is 2. The lowest BCUT2D eigenvalue weighted by molar-refractivity contribution is -0.127. The zero-order valence-corrected chi connectivity index (χ0v) is 19.6. The molecule has 1 unspecified atom stereocenters. The van der Waals surface area contributed by atoms with Crippen LogP contribution in [0.15, 0.2) is 4.99 Å². The van der Waals surface area contributed by atoms with Gasteiger partial charge in [0.1, 0.15) is 6.54 Å². The van der Waals surface area contributed by atoms with Gasteiger partial charge in [0.2, 0.25) is 5.91 Å². The highest BCUT2D eigenvalue weighted by molar-refractivity contribution is 14.0. The molecule has 8 nitrogen and oxygen atoms in total. The molecule has 0 bridgehead atoms. The molecule has 164 valence electrons. The summed E-state index contributed by atoms with van der Waals surface area (Å²) < 4.78 is 16.8. The zero-order chi connectivity index (χ0) is 19.3. The van der Waals surface area contributed by atoms with Crippen LogP contribution in [0.2, 0.25) is 0 Å². The van der Waals surface area contributed by atoms with Gasteiger partial charge in [0.15, 0.2) is 5.96 Å². The fraction of sp³-hybridized carbons (Fsp3) is 0.895. The maximum atomic E-state index is 11.8. The van der Waals surface area contributed by atoms with E-state index in [9.17, 15) is 4.79 Å². The quantitative estimate of drug-likeness (QED) is 0.198. The van der Waals surface area contributed by atoms with Crippen molar-refractivity contribution in [1.82, 2.24) is 15.5 Å². The van der Waals surface area contributed by atoms with Crippen molar-refractivity contribution in [3.05, 3.63) is 0 Å². The number of aliphatic imine (C=N–C) groups is 1. The van der Waals surface area contributed by atoms with Gasteiger partial charge < -0.3 is 29.7 Å². The van der Waals surface area contributed by atoms with E-state index in [0.29, 0.717) is 18.4 Å². The molecule has 2 N–H and O–H groups in total. The number of hydrogen-bond donors (Lipinski definition) is 2. The first-order chi connectivity index (χ1) is 13.1. The van der Waals surface area contributed by atoms with Gasteiger partial charge in [-0.15, -0.1) is 24.0 Å². The van der Waals surface area contributed by atoms with E-state index in [2.05, 4.69) is 15.6 Å². The molecular formula is C19H37IN4O4. The monoisotopic (exact) mass is 512 g/mol. The Labute approximate surface area is 186 Å². The standard InChI is InChI=1S/C19H36N4O4.HI/c1-23(2)18(24)14-22-19(21-13-17-5-3-10-27-17)20-8-4-9-26-15-16-6-11-25-12-7-16;/h16-17H,3-15H2,1-2H3,(H2,20,21,22);1H. The molecule has 2 aliphatic heterocycles. The number of amides is 1. The van der Waals surface area contributed by atoms with Gasteiger partial charge >= 0.3 is 0 Å². The van der Waals surface area contributed by atoms with E-state index in [4.69, 9.17) is 14.2 Å². The van der Waals surface area contributed by atoms with E-state index in [1.165, 1.54) is 0 Å². The molecule has 2 aliphatic rings. The second kappa shape index (κ2) is 15.2. The second-order valence-electron chi connectivity index (χ2n) is 7.38. The number of guanidine groups is 1. The van der Waals surface area contributed by atoms with Crippen LogP contribution in [0.25, 0.3) is 0 Å². The minimum atomic E-state index is -0.0204. The largest absolute Gasteiger partial charge is 0.381 e. The Hall–Kier alpha value is -0.650. The highest BCUT2D eigenvalue weighted by Crippen LogP contribution is 2.14. The maximum absolute atomic E-state index is 11.8. The van der Waals surface area contributed by atoms with Crippen molar-refractivity contribution in [1.29, 1.82) is 0 Å². The Morgan fingerprint density at radius 2 is 1.96 bits per heavy atom. The van der Waals surface area contributed by atoms with Crippen LogP contribution in [0.5, 0.6) is 0 Å². The summed E-state index contributed by atoms with van der Waals surface area (Å²) in [6, 6.07) is 0. The van der Waals surface area contributed by atoms with E-state index < -0.39 is 0 Å². The molecule has 28 heavy (non-hydrogen) atoms. The van der Waals surface area contributed by atoms with Crippen molar-refractivity contribution in [2.45, 2.75) is 38.2 Å². The Bertz CT molecular complexity index is 453. The zero-order valence-electron chi connectivity index (χ0n) is 17.3. The molecule has 0 aromatic heterocycles. The van der Waals surface area contributed by atoms with Crippen LogP contribution in [0.1, 0.15) is 32.1 Å². The van der Waals surface area contributed by atoms with Crippen LogP contribution < -0.4 is 10.6 Å². The molecule has 0 radical (unpaired) electrons. The number of ether oxygens (including phenoxy) is 3. The average Bonchev–Trinajstić information content (AvgIpc) is 3.20. The molecule has 2 rings (SSSR count). The normalized spacial score (nSPS) is 20.5. The highest BCUT2D eigenvalue weighted by atomic mass is 127. The van der Waals surface area contributed by atoms with Crippen molar-refractivity contribution in [3.63, 3.8) is 0 Å². The highest BCUT2D eigenvalue weighted by Gasteiger charge is 2.16. The van der Waals surface area contributed by atoms with Crippen molar-refractivity contribution >= 4 is 35.8 Å². The summed E-state index contributed by atoms with van der Waals surface area (Å²) in [5.41, 5.74) is 0. The number of nitrogens with zero attached hydrogens (tertiary/aromatic N) is 2. The lowest BCUT2D eigenvalue weighted by Gasteiger charge is -2.21. The molecule has 0 aliphatic carbocycles. The minimum Gasteiger partial charge on any atom is -0.381 e. The summed E-state index contributed by atoms with van der Waals surface area (Å²) in [5, 5.41) is 6.58. The number of halogens is 1. The topological polar surface area (TPSA) is 84.4 Å². The van der Waals surface area contributed by atoms with Gasteiger partial charge in [-0.25, -0.2) is 4.99 Å². The number of carbonyl (C=O) groups is 1. The third-order valence-electron chi connectivity index (χ3n) is 4.84. The smallest absolute Gasteiger partial charge is 0.243 e. The van der Waals surface area contributed by atoms with Gasteiger partial charge in [0, 0.05) is 60.2 Å². The summed E-state index contributed by atoms with van der Waals surface area (Å²) in [6.45, 7) is 5.68. The van der Waals surface area contributed by atoms with Gasteiger partial charge in [-0.2, -0.15) is 0 Å². The van der Waals surface area contributed by atoms with E-state index in [1.807, 2.05) is 0 Å². The van der Waals surface area contributed by atoms with E-state index in [-0.39, 0.29) is 42.5 Å². The fourth-order valence-electron chi connectivity index (χ4n) is 3.02. The van der Waals surface area contributed by atoms with Crippen molar-refractivity contribution in [2.75, 3.05) is 66.8 Å². The molecule has 1 amide bonds. The maximum Gasteiger partial charge on any atom is 0.243 e. The summed E-state index contributed by atoms with van der Waals surface area (Å²) in [6.07, 6.45) is 5.49. The Kier molecular flexibility index (Phi) is 13.8.